The third kappa shape index (κ3) is 4.59. The van der Waals surface area contributed by atoms with Gasteiger partial charge >= 0.3 is 0 Å². The van der Waals surface area contributed by atoms with E-state index in [4.69, 9.17) is 9.84 Å². The number of pyridine rings is 1. The fraction of sp³-hybridized carbons (Fsp3) is 0.409. The van der Waals surface area contributed by atoms with Gasteiger partial charge in [-0.2, -0.15) is 5.10 Å². The van der Waals surface area contributed by atoms with E-state index in [1.807, 2.05) is 19.9 Å². The monoisotopic (exact) mass is 414 g/mol. The number of carbonyl (C=O) groups excluding carboxylic acids is 1. The number of hydrogen-bond acceptors (Lipinski definition) is 5. The summed E-state index contributed by atoms with van der Waals surface area (Å²) in [7, 11) is 0. The van der Waals surface area contributed by atoms with E-state index in [0.29, 0.717) is 28.0 Å². The number of aliphatic hydroxyl groups excluding tert-OH is 1. The highest BCUT2D eigenvalue weighted by atomic mass is 19.1. The van der Waals surface area contributed by atoms with Crippen molar-refractivity contribution in [2.75, 3.05) is 0 Å². The average molecular weight is 414 g/mol. The summed E-state index contributed by atoms with van der Waals surface area (Å²) in [4.78, 5) is 17.1. The number of amides is 1. The van der Waals surface area contributed by atoms with Crippen LogP contribution in [0.25, 0.3) is 22.3 Å². The summed E-state index contributed by atoms with van der Waals surface area (Å²) in [6.07, 6.45) is -0.597. The van der Waals surface area contributed by atoms with Gasteiger partial charge in [0.2, 0.25) is 6.36 Å². The molecule has 0 aliphatic carbocycles. The van der Waals surface area contributed by atoms with Crippen molar-refractivity contribution in [2.45, 2.75) is 59.2 Å². The van der Waals surface area contributed by atoms with E-state index in [0.717, 1.165) is 5.56 Å². The summed E-state index contributed by atoms with van der Waals surface area (Å²) in [5.41, 5.74) is 3.09. The Morgan fingerprint density at radius 3 is 2.57 bits per heavy atom. The number of nitrogens with one attached hydrogen (secondary N) is 1. The first kappa shape index (κ1) is 21.7. The molecule has 1 aromatic carbocycles. The first-order chi connectivity index (χ1) is 14.2. The molecule has 0 aliphatic rings. The lowest BCUT2D eigenvalue weighted by Gasteiger charge is -2.16. The minimum absolute atomic E-state index is 0.0306. The Kier molecular flexibility index (Phi) is 6.36. The second-order valence-electron chi connectivity index (χ2n) is 7.67. The summed E-state index contributed by atoms with van der Waals surface area (Å²) >= 11 is 0. The van der Waals surface area contributed by atoms with Gasteiger partial charge in [-0.15, -0.1) is 0 Å². The zero-order valence-electron chi connectivity index (χ0n) is 17.8. The molecule has 1 amide bonds. The number of rotatable bonds is 7. The first-order valence-corrected chi connectivity index (χ1v) is 9.95. The summed E-state index contributed by atoms with van der Waals surface area (Å²) in [5, 5.41) is 17.1. The van der Waals surface area contributed by atoms with Crippen LogP contribution in [0.15, 0.2) is 36.5 Å². The maximum Gasteiger partial charge on any atom is 0.253 e. The van der Waals surface area contributed by atoms with Crippen LogP contribution < -0.4 is 10.1 Å². The Labute approximate surface area is 174 Å². The number of benzene rings is 1. The number of aromatic nitrogens is 3. The van der Waals surface area contributed by atoms with E-state index in [1.54, 1.807) is 42.8 Å². The second-order valence-corrected chi connectivity index (χ2v) is 7.67. The third-order valence-electron chi connectivity index (χ3n) is 4.79. The zero-order valence-corrected chi connectivity index (χ0v) is 17.8. The molecule has 3 aromatic rings. The Bertz CT molecular complexity index is 1050. The van der Waals surface area contributed by atoms with Crippen molar-refractivity contribution in [2.24, 2.45) is 0 Å². The zero-order chi connectivity index (χ0) is 22.0. The van der Waals surface area contributed by atoms with Crippen LogP contribution in [0, 0.1) is 0 Å². The minimum Gasteiger partial charge on any atom is -0.461 e. The number of halogens is 1. The molecule has 3 atom stereocenters. The van der Waals surface area contributed by atoms with E-state index in [1.165, 1.54) is 13.1 Å². The molecule has 30 heavy (non-hydrogen) atoms. The Morgan fingerprint density at radius 1 is 1.20 bits per heavy atom. The van der Waals surface area contributed by atoms with Gasteiger partial charge in [0.25, 0.3) is 5.91 Å². The molecule has 0 radical (unpaired) electrons. The summed E-state index contributed by atoms with van der Waals surface area (Å²) in [5.74, 6) is 0.0843. The van der Waals surface area contributed by atoms with Crippen LogP contribution in [0.4, 0.5) is 4.39 Å². The highest BCUT2D eigenvalue weighted by molar-refractivity contribution is 5.99. The van der Waals surface area contributed by atoms with E-state index in [-0.39, 0.29) is 18.0 Å². The van der Waals surface area contributed by atoms with Gasteiger partial charge in [-0.3, -0.25) is 14.5 Å². The van der Waals surface area contributed by atoms with Crippen LogP contribution in [0.1, 0.15) is 51.0 Å². The van der Waals surface area contributed by atoms with Gasteiger partial charge in [0.05, 0.1) is 23.2 Å². The van der Waals surface area contributed by atoms with Crippen LogP contribution in [0.5, 0.6) is 5.75 Å². The lowest BCUT2D eigenvalue weighted by atomic mass is 10.1. The van der Waals surface area contributed by atoms with Crippen LogP contribution >= 0.6 is 0 Å². The molecular formula is C22H27FN4O3. The number of nitrogens with zero attached hydrogens (tertiary/aromatic N) is 3. The molecule has 0 bridgehead atoms. The highest BCUT2D eigenvalue weighted by Crippen LogP contribution is 2.31. The van der Waals surface area contributed by atoms with Crippen molar-refractivity contribution in [3.8, 4) is 17.0 Å². The molecule has 0 spiro atoms. The average Bonchev–Trinajstić information content (AvgIpc) is 3.06. The van der Waals surface area contributed by atoms with Crippen molar-refractivity contribution < 1.29 is 19.0 Å². The highest BCUT2D eigenvalue weighted by Gasteiger charge is 2.20. The molecule has 3 rings (SSSR count). The van der Waals surface area contributed by atoms with Crippen molar-refractivity contribution >= 4 is 16.9 Å². The van der Waals surface area contributed by atoms with Gasteiger partial charge in [-0.1, -0.05) is 12.1 Å². The van der Waals surface area contributed by atoms with Crippen molar-refractivity contribution in [1.82, 2.24) is 20.1 Å². The maximum atomic E-state index is 13.2. The molecule has 0 aliphatic heterocycles. The number of alkyl halides is 1. The van der Waals surface area contributed by atoms with E-state index in [9.17, 15) is 14.3 Å². The Balaban J connectivity index is 2.05. The lowest BCUT2D eigenvalue weighted by Crippen LogP contribution is -2.39. The molecule has 0 fully saturated rings. The summed E-state index contributed by atoms with van der Waals surface area (Å²) in [6.45, 7) is 8.65. The second kappa shape index (κ2) is 8.79. The SMILES string of the molecule is CC(F)Oc1cccc(-c2nn(C(C)C)c3cc(C(=O)N[C@H](C)[C@@H](C)O)cnc23)c1. The van der Waals surface area contributed by atoms with Crippen LogP contribution in [-0.4, -0.2) is 44.3 Å². The van der Waals surface area contributed by atoms with Crippen LogP contribution in [0.3, 0.4) is 0 Å². The van der Waals surface area contributed by atoms with Gasteiger partial charge in [0.15, 0.2) is 0 Å². The molecule has 2 N–H and O–H groups in total. The number of hydrogen-bond donors (Lipinski definition) is 2. The normalized spacial score (nSPS) is 14.5. The van der Waals surface area contributed by atoms with E-state index < -0.39 is 12.5 Å². The first-order valence-electron chi connectivity index (χ1n) is 9.95. The Morgan fingerprint density at radius 2 is 1.93 bits per heavy atom. The topological polar surface area (TPSA) is 89.3 Å². The molecule has 7 nitrogen and oxygen atoms in total. The van der Waals surface area contributed by atoms with Gasteiger partial charge < -0.3 is 15.2 Å². The van der Waals surface area contributed by atoms with Crippen molar-refractivity contribution in [3.05, 3.63) is 42.1 Å². The van der Waals surface area contributed by atoms with Gasteiger partial charge in [0.1, 0.15) is 17.0 Å². The van der Waals surface area contributed by atoms with Gasteiger partial charge in [0, 0.05) is 24.7 Å². The summed E-state index contributed by atoms with van der Waals surface area (Å²) < 4.78 is 20.2. The number of ether oxygens (including phenoxy) is 1. The molecule has 0 saturated carbocycles. The van der Waals surface area contributed by atoms with Gasteiger partial charge in [-0.25, -0.2) is 4.39 Å². The predicted molar refractivity (Wildman–Crippen MR) is 113 cm³/mol. The van der Waals surface area contributed by atoms with Crippen molar-refractivity contribution in [1.29, 1.82) is 0 Å². The Hall–Kier alpha value is -3.00. The third-order valence-corrected chi connectivity index (χ3v) is 4.79. The minimum atomic E-state index is -1.42. The lowest BCUT2D eigenvalue weighted by molar-refractivity contribution is 0.0859. The summed E-state index contributed by atoms with van der Waals surface area (Å²) in [6, 6.07) is 8.41. The molecule has 160 valence electrons. The van der Waals surface area contributed by atoms with E-state index >= 15 is 0 Å². The molecular weight excluding hydrogens is 387 g/mol. The fourth-order valence-electron chi connectivity index (χ4n) is 3.05. The largest absolute Gasteiger partial charge is 0.461 e. The van der Waals surface area contributed by atoms with Gasteiger partial charge in [-0.05, 0) is 45.9 Å². The van der Waals surface area contributed by atoms with Crippen LogP contribution in [-0.2, 0) is 0 Å². The standard InChI is InChI=1S/C22H27FN4O3/c1-12(2)27-19-10-17(22(29)25-13(3)14(4)28)11-24-21(19)20(26-27)16-7-6-8-18(9-16)30-15(5)23/h6-15,28H,1-5H3,(H,25,29)/t13-,14-,15?/m1/s1. The molecule has 1 unspecified atom stereocenters. The molecule has 0 saturated heterocycles. The smallest absolute Gasteiger partial charge is 0.253 e. The number of fused-ring (bicyclic) bond motifs is 1. The number of aliphatic hydroxyl groups is 1. The fourth-order valence-corrected chi connectivity index (χ4v) is 3.05. The molecule has 2 aromatic heterocycles. The van der Waals surface area contributed by atoms with Crippen LogP contribution in [0.2, 0.25) is 0 Å². The van der Waals surface area contributed by atoms with E-state index in [2.05, 4.69) is 10.3 Å². The quantitative estimate of drug-likeness (QED) is 0.613. The predicted octanol–water partition coefficient (Wildman–Crippen LogP) is 3.87. The number of carbonyl (C=O) groups is 1. The molecule has 8 heteroatoms. The molecule has 2 heterocycles. The maximum absolute atomic E-state index is 13.2. The van der Waals surface area contributed by atoms with Crippen molar-refractivity contribution in [3.63, 3.8) is 0 Å².